The van der Waals surface area contributed by atoms with Gasteiger partial charge in [-0.2, -0.15) is 0 Å². The van der Waals surface area contributed by atoms with E-state index in [1.165, 1.54) is 19.3 Å². The van der Waals surface area contributed by atoms with Crippen molar-refractivity contribution in [2.75, 3.05) is 17.2 Å². The fraction of sp³-hybridized carbons (Fsp3) is 0.320. The van der Waals surface area contributed by atoms with E-state index in [0.29, 0.717) is 23.8 Å². The summed E-state index contributed by atoms with van der Waals surface area (Å²) in [6.07, 6.45) is 4.67. The average molecular weight is 419 g/mol. The SMILES string of the molecule is CCCCCCOc1ccc(C(=O)Nc2cccc(Nc3nc(C)cc(C)n3)c2)cc1. The first-order valence-corrected chi connectivity index (χ1v) is 10.8. The number of rotatable bonds is 10. The summed E-state index contributed by atoms with van der Waals surface area (Å²) < 4.78 is 5.74. The lowest BCUT2D eigenvalue weighted by Crippen LogP contribution is -2.12. The van der Waals surface area contributed by atoms with Gasteiger partial charge in [-0.05, 0) is 68.8 Å². The van der Waals surface area contributed by atoms with Crippen LogP contribution in [-0.2, 0) is 0 Å². The highest BCUT2D eigenvalue weighted by Crippen LogP contribution is 2.20. The molecule has 31 heavy (non-hydrogen) atoms. The summed E-state index contributed by atoms with van der Waals surface area (Å²) >= 11 is 0. The first-order chi connectivity index (χ1) is 15.0. The molecular formula is C25H30N4O2. The number of unbranched alkanes of at least 4 members (excludes halogenated alkanes) is 3. The zero-order valence-electron chi connectivity index (χ0n) is 18.4. The van der Waals surface area contributed by atoms with Gasteiger partial charge in [-0.25, -0.2) is 9.97 Å². The molecule has 0 bridgehead atoms. The number of hydrogen-bond acceptors (Lipinski definition) is 5. The highest BCUT2D eigenvalue weighted by molar-refractivity contribution is 6.04. The minimum atomic E-state index is -0.172. The van der Waals surface area contributed by atoms with Gasteiger partial charge in [-0.3, -0.25) is 4.79 Å². The second-order valence-corrected chi connectivity index (χ2v) is 7.57. The van der Waals surface area contributed by atoms with Crippen LogP contribution >= 0.6 is 0 Å². The molecule has 1 aromatic heterocycles. The molecule has 0 unspecified atom stereocenters. The fourth-order valence-corrected chi connectivity index (χ4v) is 3.21. The van der Waals surface area contributed by atoms with Crippen LogP contribution in [0.15, 0.2) is 54.6 Å². The van der Waals surface area contributed by atoms with Crippen LogP contribution in [0.1, 0.15) is 54.4 Å². The summed E-state index contributed by atoms with van der Waals surface area (Å²) in [5.41, 5.74) is 3.86. The van der Waals surface area contributed by atoms with Crippen molar-refractivity contribution in [1.82, 2.24) is 9.97 Å². The molecule has 1 heterocycles. The smallest absolute Gasteiger partial charge is 0.255 e. The summed E-state index contributed by atoms with van der Waals surface area (Å²) in [5, 5.41) is 6.12. The normalized spacial score (nSPS) is 10.5. The van der Waals surface area contributed by atoms with Crippen LogP contribution in [0.3, 0.4) is 0 Å². The van der Waals surface area contributed by atoms with Crippen molar-refractivity contribution >= 4 is 23.2 Å². The molecule has 0 saturated heterocycles. The number of anilines is 3. The van der Waals surface area contributed by atoms with Gasteiger partial charge in [0.15, 0.2) is 0 Å². The fourth-order valence-electron chi connectivity index (χ4n) is 3.21. The average Bonchev–Trinajstić information content (AvgIpc) is 2.73. The second-order valence-electron chi connectivity index (χ2n) is 7.57. The monoisotopic (exact) mass is 418 g/mol. The van der Waals surface area contributed by atoms with E-state index < -0.39 is 0 Å². The van der Waals surface area contributed by atoms with E-state index in [2.05, 4.69) is 27.5 Å². The highest BCUT2D eigenvalue weighted by atomic mass is 16.5. The number of carbonyl (C=O) groups is 1. The maximum absolute atomic E-state index is 12.6. The molecule has 162 valence electrons. The van der Waals surface area contributed by atoms with Crippen LogP contribution < -0.4 is 15.4 Å². The minimum Gasteiger partial charge on any atom is -0.494 e. The number of carbonyl (C=O) groups excluding carboxylic acids is 1. The standard InChI is InChI=1S/C25H30N4O2/c1-4-5-6-7-15-31-23-13-11-20(12-14-23)24(30)28-21-9-8-10-22(17-21)29-25-26-18(2)16-19(3)27-25/h8-14,16-17H,4-7,15H2,1-3H3,(H,28,30)(H,26,27,29). The van der Waals surface area contributed by atoms with Crippen LogP contribution in [0.5, 0.6) is 5.75 Å². The van der Waals surface area contributed by atoms with E-state index in [-0.39, 0.29) is 5.91 Å². The van der Waals surface area contributed by atoms with Gasteiger partial charge in [0.1, 0.15) is 5.75 Å². The molecular weight excluding hydrogens is 388 g/mol. The lowest BCUT2D eigenvalue weighted by molar-refractivity contribution is 0.102. The number of aryl methyl sites for hydroxylation is 2. The lowest BCUT2D eigenvalue weighted by Gasteiger charge is -2.10. The molecule has 6 heteroatoms. The molecule has 0 fully saturated rings. The molecule has 2 aromatic carbocycles. The molecule has 1 amide bonds. The summed E-state index contributed by atoms with van der Waals surface area (Å²) in [7, 11) is 0. The Morgan fingerprint density at radius 3 is 2.32 bits per heavy atom. The van der Waals surface area contributed by atoms with Crippen molar-refractivity contribution in [1.29, 1.82) is 0 Å². The topological polar surface area (TPSA) is 76.1 Å². The second kappa shape index (κ2) is 11.1. The largest absolute Gasteiger partial charge is 0.494 e. The first-order valence-electron chi connectivity index (χ1n) is 10.8. The van der Waals surface area contributed by atoms with Gasteiger partial charge >= 0.3 is 0 Å². The Kier molecular flexibility index (Phi) is 7.98. The molecule has 0 saturated carbocycles. The van der Waals surface area contributed by atoms with Crippen molar-refractivity contribution < 1.29 is 9.53 Å². The predicted molar refractivity (Wildman–Crippen MR) is 125 cm³/mol. The third-order valence-corrected chi connectivity index (χ3v) is 4.74. The summed E-state index contributed by atoms with van der Waals surface area (Å²) in [6.45, 7) is 6.75. The number of amides is 1. The third-order valence-electron chi connectivity index (χ3n) is 4.74. The molecule has 0 radical (unpaired) electrons. The quantitative estimate of drug-likeness (QED) is 0.392. The number of ether oxygens (including phenoxy) is 1. The summed E-state index contributed by atoms with van der Waals surface area (Å²) in [6, 6.07) is 16.6. The maximum atomic E-state index is 12.6. The predicted octanol–water partition coefficient (Wildman–Crippen LogP) is 6.05. The zero-order valence-corrected chi connectivity index (χ0v) is 18.4. The molecule has 0 aliphatic rings. The number of nitrogens with one attached hydrogen (secondary N) is 2. The number of nitrogens with zero attached hydrogens (tertiary/aromatic N) is 2. The van der Waals surface area contributed by atoms with Gasteiger partial charge in [-0.1, -0.05) is 32.3 Å². The Balaban J connectivity index is 1.57. The summed E-state index contributed by atoms with van der Waals surface area (Å²) in [5.74, 6) is 1.15. The van der Waals surface area contributed by atoms with Crippen LogP contribution in [-0.4, -0.2) is 22.5 Å². The molecule has 2 N–H and O–H groups in total. The lowest BCUT2D eigenvalue weighted by atomic mass is 10.2. The Labute approximate surface area is 184 Å². The van der Waals surface area contributed by atoms with Crippen LogP contribution in [0.4, 0.5) is 17.3 Å². The van der Waals surface area contributed by atoms with Crippen LogP contribution in [0.2, 0.25) is 0 Å². The van der Waals surface area contributed by atoms with E-state index in [1.807, 2.05) is 56.3 Å². The Morgan fingerprint density at radius 2 is 1.61 bits per heavy atom. The molecule has 0 aliphatic heterocycles. The van der Waals surface area contributed by atoms with Crippen molar-refractivity contribution in [3.8, 4) is 5.75 Å². The molecule has 3 aromatic rings. The highest BCUT2D eigenvalue weighted by Gasteiger charge is 2.08. The van der Waals surface area contributed by atoms with Crippen molar-refractivity contribution in [2.24, 2.45) is 0 Å². The summed E-state index contributed by atoms with van der Waals surface area (Å²) in [4.78, 5) is 21.4. The zero-order chi connectivity index (χ0) is 22.1. The molecule has 0 spiro atoms. The van der Waals surface area contributed by atoms with Gasteiger partial charge in [0, 0.05) is 28.3 Å². The maximum Gasteiger partial charge on any atom is 0.255 e. The molecule has 0 aliphatic carbocycles. The van der Waals surface area contributed by atoms with Crippen molar-refractivity contribution in [3.63, 3.8) is 0 Å². The number of aromatic nitrogens is 2. The van der Waals surface area contributed by atoms with Crippen LogP contribution in [0.25, 0.3) is 0 Å². The van der Waals surface area contributed by atoms with E-state index in [0.717, 1.165) is 29.2 Å². The molecule has 6 nitrogen and oxygen atoms in total. The van der Waals surface area contributed by atoms with E-state index in [4.69, 9.17) is 4.74 Å². The molecule has 3 rings (SSSR count). The van der Waals surface area contributed by atoms with Gasteiger partial charge < -0.3 is 15.4 Å². The van der Waals surface area contributed by atoms with Crippen molar-refractivity contribution in [3.05, 3.63) is 71.5 Å². The first kappa shape index (κ1) is 22.3. The van der Waals surface area contributed by atoms with E-state index in [9.17, 15) is 4.79 Å². The van der Waals surface area contributed by atoms with Gasteiger partial charge in [0.25, 0.3) is 5.91 Å². The van der Waals surface area contributed by atoms with Gasteiger partial charge in [0.05, 0.1) is 6.61 Å². The Hall–Kier alpha value is -3.41. The Bertz CT molecular complexity index is 982. The van der Waals surface area contributed by atoms with E-state index in [1.54, 1.807) is 12.1 Å². The number of hydrogen-bond donors (Lipinski definition) is 2. The van der Waals surface area contributed by atoms with Gasteiger partial charge in [0.2, 0.25) is 5.95 Å². The van der Waals surface area contributed by atoms with Crippen LogP contribution in [0, 0.1) is 13.8 Å². The molecule has 0 atom stereocenters. The number of benzene rings is 2. The van der Waals surface area contributed by atoms with E-state index >= 15 is 0 Å². The van der Waals surface area contributed by atoms with Gasteiger partial charge in [-0.15, -0.1) is 0 Å². The minimum absolute atomic E-state index is 0.172. The van der Waals surface area contributed by atoms with Crippen molar-refractivity contribution in [2.45, 2.75) is 46.5 Å². The third kappa shape index (κ3) is 7.10. The Morgan fingerprint density at radius 1 is 0.903 bits per heavy atom.